The van der Waals surface area contributed by atoms with E-state index in [2.05, 4.69) is 4.98 Å². The Kier molecular flexibility index (Phi) is 10.8. The second-order valence-electron chi connectivity index (χ2n) is 11.2. The van der Waals surface area contributed by atoms with Crippen molar-refractivity contribution in [1.82, 2.24) is 9.88 Å². The number of ether oxygens (including phenoxy) is 2. The van der Waals surface area contributed by atoms with Crippen LogP contribution >= 0.6 is 0 Å². The number of benzene rings is 4. The van der Waals surface area contributed by atoms with Gasteiger partial charge in [0, 0.05) is 24.5 Å². The zero-order chi connectivity index (χ0) is 31.3. The van der Waals surface area contributed by atoms with Gasteiger partial charge in [-0.25, -0.2) is 4.98 Å². The number of carbonyl (C=O) groups excluding carboxylic acids is 2. The Balaban J connectivity index is 0.00000417. The third-order valence-electron chi connectivity index (χ3n) is 8.22. The van der Waals surface area contributed by atoms with E-state index >= 15 is 0 Å². The number of hydrogen-bond acceptors (Lipinski definition) is 8. The van der Waals surface area contributed by atoms with Crippen LogP contribution < -0.4 is 44.1 Å². The Labute approximate surface area is 288 Å². The van der Waals surface area contributed by atoms with Crippen LogP contribution in [0.1, 0.15) is 49.1 Å². The summed E-state index contributed by atoms with van der Waals surface area (Å²) in [6, 6.07) is 26.8. The van der Waals surface area contributed by atoms with Crippen molar-refractivity contribution in [3.05, 3.63) is 108 Å². The fraction of sp³-hybridized carbons (Fsp3) is 0.250. The van der Waals surface area contributed by atoms with Gasteiger partial charge in [0.15, 0.2) is 17.1 Å². The number of carboxylic acids is 1. The monoisotopic (exact) mass is 628 g/mol. The molecule has 4 aromatic carbocycles. The first-order valence-electron chi connectivity index (χ1n) is 14.9. The first-order valence-corrected chi connectivity index (χ1v) is 14.9. The van der Waals surface area contributed by atoms with Crippen molar-refractivity contribution in [2.24, 2.45) is 0 Å². The van der Waals surface area contributed by atoms with Crippen LogP contribution in [0.15, 0.2) is 95.4 Å². The molecule has 0 radical (unpaired) electrons. The maximum atomic E-state index is 13.9. The number of rotatable bonds is 12. The predicted molar refractivity (Wildman–Crippen MR) is 167 cm³/mol. The van der Waals surface area contributed by atoms with Gasteiger partial charge in [-0.1, -0.05) is 60.7 Å². The summed E-state index contributed by atoms with van der Waals surface area (Å²) in [5, 5.41) is 24.1. The second-order valence-corrected chi connectivity index (χ2v) is 11.2. The number of aliphatic carboxylic acids is 1. The number of aliphatic hydroxyl groups excluding tert-OH is 1. The number of oxazole rings is 1. The molecule has 10 heteroatoms. The van der Waals surface area contributed by atoms with Gasteiger partial charge in [0.05, 0.1) is 0 Å². The molecule has 230 valence electrons. The SMILES string of the molecule is CC(C(C/C=C/c1nc2ccccc2o1)c1ccc2c(c1)OCO2)N(Cc1ccc2ccccc2c1)C(=O)C(O)CCC(=O)[O-].[Na+]. The summed E-state index contributed by atoms with van der Waals surface area (Å²) in [4.78, 5) is 31.2. The molecule has 0 spiro atoms. The molecule has 1 amide bonds. The van der Waals surface area contributed by atoms with Crippen molar-refractivity contribution >= 4 is 39.8 Å². The van der Waals surface area contributed by atoms with E-state index in [0.717, 1.165) is 27.4 Å². The Bertz CT molecular complexity index is 1840. The molecule has 0 aliphatic carbocycles. The number of hydrogen-bond donors (Lipinski definition) is 1. The molecule has 46 heavy (non-hydrogen) atoms. The number of amides is 1. The Morgan fingerprint density at radius 1 is 0.978 bits per heavy atom. The maximum absolute atomic E-state index is 13.9. The van der Waals surface area contributed by atoms with Crippen LogP contribution in [0.3, 0.4) is 0 Å². The molecule has 5 aromatic rings. The Morgan fingerprint density at radius 2 is 1.74 bits per heavy atom. The van der Waals surface area contributed by atoms with Crippen LogP contribution in [0.5, 0.6) is 11.5 Å². The van der Waals surface area contributed by atoms with Crippen molar-refractivity contribution in [3.8, 4) is 11.5 Å². The molecule has 0 saturated heterocycles. The number of aliphatic hydroxyl groups is 1. The Hall–Kier alpha value is -4.15. The fourth-order valence-corrected chi connectivity index (χ4v) is 5.78. The normalized spacial score (nSPS) is 14.2. The molecular weight excluding hydrogens is 595 g/mol. The van der Waals surface area contributed by atoms with Crippen LogP contribution in [-0.4, -0.2) is 45.8 Å². The van der Waals surface area contributed by atoms with Crippen LogP contribution in [0.4, 0.5) is 0 Å². The van der Waals surface area contributed by atoms with Gasteiger partial charge < -0.3 is 33.8 Å². The molecule has 0 fully saturated rings. The standard InChI is InChI=1S/C36H34N2O7.Na/c1-23(38(36(42)30(39)16-18-35(40)41)21-24-13-14-25-7-2-3-8-26(25)19-24)28(27-15-17-32-33(20-27)44-22-43-32)9-6-12-34-37-29-10-4-5-11-31(29)45-34;/h2-8,10-15,17,19-20,23,28,30,39H,9,16,18,21-22H2,1H3,(H,40,41);/q;+1/p-1/b12-6+;. The molecule has 1 aromatic heterocycles. The summed E-state index contributed by atoms with van der Waals surface area (Å²) in [6.07, 6.45) is 2.10. The van der Waals surface area contributed by atoms with Gasteiger partial charge >= 0.3 is 29.6 Å². The summed E-state index contributed by atoms with van der Waals surface area (Å²) in [6.45, 7) is 2.28. The third-order valence-corrected chi connectivity index (χ3v) is 8.22. The summed E-state index contributed by atoms with van der Waals surface area (Å²) < 4.78 is 17.1. The number of carboxylic acid groups (broad SMARTS) is 1. The zero-order valence-corrected chi connectivity index (χ0v) is 27.8. The first kappa shape index (κ1) is 33.2. The van der Waals surface area contributed by atoms with E-state index in [0.29, 0.717) is 29.4 Å². The molecule has 1 N–H and O–H groups in total. The van der Waals surface area contributed by atoms with Crippen molar-refractivity contribution < 1.29 is 63.3 Å². The minimum atomic E-state index is -1.50. The number of aromatic nitrogens is 1. The van der Waals surface area contributed by atoms with Gasteiger partial charge in [0.25, 0.3) is 5.91 Å². The third kappa shape index (κ3) is 7.62. The number of fused-ring (bicyclic) bond motifs is 3. The topological polar surface area (TPSA) is 125 Å². The van der Waals surface area contributed by atoms with E-state index in [1.807, 2.05) is 104 Å². The number of allylic oxidation sites excluding steroid dienone is 1. The largest absolute Gasteiger partial charge is 1.00 e. The summed E-state index contributed by atoms with van der Waals surface area (Å²) in [7, 11) is 0. The minimum absolute atomic E-state index is 0. The van der Waals surface area contributed by atoms with E-state index in [9.17, 15) is 19.8 Å². The number of nitrogens with zero attached hydrogens (tertiary/aromatic N) is 2. The van der Waals surface area contributed by atoms with E-state index in [4.69, 9.17) is 13.9 Å². The molecule has 3 unspecified atom stereocenters. The smallest absolute Gasteiger partial charge is 0.550 e. The van der Waals surface area contributed by atoms with E-state index < -0.39 is 30.4 Å². The van der Waals surface area contributed by atoms with Gasteiger partial charge in [-0.15, -0.1) is 0 Å². The van der Waals surface area contributed by atoms with Crippen molar-refractivity contribution in [1.29, 1.82) is 0 Å². The zero-order valence-electron chi connectivity index (χ0n) is 25.8. The van der Waals surface area contributed by atoms with Crippen LogP contribution in [0, 0.1) is 0 Å². The summed E-state index contributed by atoms with van der Waals surface area (Å²) >= 11 is 0. The van der Waals surface area contributed by atoms with Crippen molar-refractivity contribution in [2.75, 3.05) is 6.79 Å². The first-order chi connectivity index (χ1) is 21.9. The molecule has 2 heterocycles. The average Bonchev–Trinajstić information content (AvgIpc) is 3.70. The van der Waals surface area contributed by atoms with Crippen LogP contribution in [0.2, 0.25) is 0 Å². The molecule has 0 saturated carbocycles. The van der Waals surface area contributed by atoms with Gasteiger partial charge in [-0.05, 0) is 84.5 Å². The van der Waals surface area contributed by atoms with Crippen LogP contribution in [0.25, 0.3) is 27.9 Å². The van der Waals surface area contributed by atoms with Crippen LogP contribution in [-0.2, 0) is 16.1 Å². The van der Waals surface area contributed by atoms with Gasteiger partial charge in [-0.2, -0.15) is 0 Å². The van der Waals surface area contributed by atoms with Crippen molar-refractivity contribution in [3.63, 3.8) is 0 Å². The van der Waals surface area contributed by atoms with E-state index in [1.54, 1.807) is 4.90 Å². The summed E-state index contributed by atoms with van der Waals surface area (Å²) in [5.41, 5.74) is 3.24. The van der Waals surface area contributed by atoms with Gasteiger partial charge in [0.1, 0.15) is 11.6 Å². The molecule has 0 bridgehead atoms. The fourth-order valence-electron chi connectivity index (χ4n) is 5.78. The number of carbonyl (C=O) groups is 2. The Morgan fingerprint density at radius 3 is 2.54 bits per heavy atom. The van der Waals surface area contributed by atoms with Crippen molar-refractivity contribution in [2.45, 2.75) is 50.8 Å². The van der Waals surface area contributed by atoms with Gasteiger partial charge in [0.2, 0.25) is 12.7 Å². The minimum Gasteiger partial charge on any atom is -0.550 e. The molecule has 9 nitrogen and oxygen atoms in total. The summed E-state index contributed by atoms with van der Waals surface area (Å²) in [5.74, 6) is -0.389. The van der Waals surface area contributed by atoms with E-state index in [1.165, 1.54) is 0 Å². The quantitative estimate of drug-likeness (QED) is 0.209. The molecule has 1 aliphatic heterocycles. The molecule has 6 rings (SSSR count). The number of para-hydroxylation sites is 2. The van der Waals surface area contributed by atoms with Gasteiger partial charge in [-0.3, -0.25) is 4.79 Å². The maximum Gasteiger partial charge on any atom is 1.00 e. The molecule has 1 aliphatic rings. The van der Waals surface area contributed by atoms with E-state index in [-0.39, 0.29) is 55.2 Å². The molecular formula is C36H33N2NaO7. The average molecular weight is 629 g/mol. The molecule has 3 atom stereocenters. The predicted octanol–water partition coefficient (Wildman–Crippen LogP) is 2.21. The second kappa shape index (κ2) is 15.0.